The van der Waals surface area contributed by atoms with Gasteiger partial charge in [-0.25, -0.2) is 9.97 Å². The maximum absolute atomic E-state index is 12.8. The molecule has 126 valence electrons. The van der Waals surface area contributed by atoms with Crippen molar-refractivity contribution in [1.29, 1.82) is 0 Å². The standard InChI is InChI=1S/C18H22N4OS/c1-14-4-11-24-15(14)16(23)21-10-6-18(12-21)5-2-9-22(13-18)17-19-7-3-8-20-17/h3-4,7-8,11H,2,5-6,9-10,12-13H2,1H3/t18-/m1/s1. The lowest BCUT2D eigenvalue weighted by molar-refractivity contribution is 0.0771. The van der Waals surface area contributed by atoms with Gasteiger partial charge in [-0.1, -0.05) is 0 Å². The van der Waals surface area contributed by atoms with Crippen molar-refractivity contribution in [3.05, 3.63) is 40.3 Å². The van der Waals surface area contributed by atoms with Gasteiger partial charge in [0.15, 0.2) is 0 Å². The molecule has 0 bridgehead atoms. The van der Waals surface area contributed by atoms with E-state index >= 15 is 0 Å². The first-order valence-corrected chi connectivity index (χ1v) is 9.40. The first kappa shape index (κ1) is 15.6. The minimum atomic E-state index is 0.193. The summed E-state index contributed by atoms with van der Waals surface area (Å²) in [5, 5.41) is 2.00. The Labute approximate surface area is 146 Å². The first-order chi connectivity index (χ1) is 11.7. The van der Waals surface area contributed by atoms with Crippen molar-refractivity contribution in [2.45, 2.75) is 26.2 Å². The Morgan fingerprint density at radius 2 is 2.04 bits per heavy atom. The number of carbonyl (C=O) groups is 1. The van der Waals surface area contributed by atoms with Gasteiger partial charge in [0.2, 0.25) is 5.95 Å². The second-order valence-electron chi connectivity index (χ2n) is 6.98. The maximum atomic E-state index is 12.8. The van der Waals surface area contributed by atoms with E-state index in [4.69, 9.17) is 0 Å². The van der Waals surface area contributed by atoms with Crippen molar-refractivity contribution < 1.29 is 4.79 Å². The fraction of sp³-hybridized carbons (Fsp3) is 0.500. The number of thiophene rings is 1. The summed E-state index contributed by atoms with van der Waals surface area (Å²) >= 11 is 1.56. The zero-order valence-electron chi connectivity index (χ0n) is 13.9. The molecule has 2 aromatic heterocycles. The van der Waals surface area contributed by atoms with E-state index in [1.807, 2.05) is 29.3 Å². The summed E-state index contributed by atoms with van der Waals surface area (Å²) in [5.41, 5.74) is 1.28. The average Bonchev–Trinajstić information content (AvgIpc) is 3.22. The molecule has 4 heterocycles. The lowest BCUT2D eigenvalue weighted by Crippen LogP contribution is -2.46. The number of likely N-dealkylation sites (tertiary alicyclic amines) is 1. The number of amides is 1. The molecule has 0 aliphatic carbocycles. The molecule has 0 unspecified atom stereocenters. The van der Waals surface area contributed by atoms with Gasteiger partial charge in [0, 0.05) is 44.0 Å². The fourth-order valence-electron chi connectivity index (χ4n) is 4.01. The van der Waals surface area contributed by atoms with Gasteiger partial charge in [0.25, 0.3) is 5.91 Å². The third-order valence-electron chi connectivity index (χ3n) is 5.28. The van der Waals surface area contributed by atoms with Gasteiger partial charge < -0.3 is 9.80 Å². The van der Waals surface area contributed by atoms with Crippen molar-refractivity contribution in [1.82, 2.24) is 14.9 Å². The molecule has 2 aromatic rings. The summed E-state index contributed by atoms with van der Waals surface area (Å²) in [6.07, 6.45) is 7.00. The summed E-state index contributed by atoms with van der Waals surface area (Å²) in [4.78, 5) is 26.8. The van der Waals surface area contributed by atoms with E-state index in [0.29, 0.717) is 0 Å². The third kappa shape index (κ3) is 2.79. The molecule has 0 saturated carbocycles. The number of anilines is 1. The molecule has 0 aromatic carbocycles. The number of nitrogens with zero attached hydrogens (tertiary/aromatic N) is 4. The summed E-state index contributed by atoms with van der Waals surface area (Å²) in [5.74, 6) is 1.02. The van der Waals surface area contributed by atoms with E-state index < -0.39 is 0 Å². The van der Waals surface area contributed by atoms with Crippen LogP contribution in [0.1, 0.15) is 34.5 Å². The quantitative estimate of drug-likeness (QED) is 0.842. The van der Waals surface area contributed by atoms with Crippen molar-refractivity contribution >= 4 is 23.2 Å². The molecular weight excluding hydrogens is 320 g/mol. The highest BCUT2D eigenvalue weighted by atomic mass is 32.1. The number of aryl methyl sites for hydroxylation is 1. The monoisotopic (exact) mass is 342 g/mol. The van der Waals surface area contributed by atoms with Crippen LogP contribution in [0, 0.1) is 12.3 Å². The molecule has 24 heavy (non-hydrogen) atoms. The number of aromatic nitrogens is 2. The molecule has 2 aliphatic heterocycles. The van der Waals surface area contributed by atoms with Crippen LogP contribution in [-0.4, -0.2) is 47.0 Å². The predicted molar refractivity (Wildman–Crippen MR) is 95.5 cm³/mol. The van der Waals surface area contributed by atoms with Crippen molar-refractivity contribution in [3.8, 4) is 0 Å². The molecule has 5 nitrogen and oxygen atoms in total. The highest BCUT2D eigenvalue weighted by Crippen LogP contribution is 2.40. The molecule has 1 amide bonds. The minimum absolute atomic E-state index is 0.193. The van der Waals surface area contributed by atoms with Crippen LogP contribution in [0.15, 0.2) is 29.9 Å². The van der Waals surface area contributed by atoms with Crippen LogP contribution in [0.3, 0.4) is 0 Å². The molecule has 6 heteroatoms. The largest absolute Gasteiger partial charge is 0.340 e. The van der Waals surface area contributed by atoms with Crippen LogP contribution in [-0.2, 0) is 0 Å². The van der Waals surface area contributed by atoms with E-state index in [2.05, 4.69) is 14.9 Å². The molecule has 2 saturated heterocycles. The van der Waals surface area contributed by atoms with Gasteiger partial charge >= 0.3 is 0 Å². The molecule has 1 atom stereocenters. The summed E-state index contributed by atoms with van der Waals surface area (Å²) in [6, 6.07) is 3.88. The van der Waals surface area contributed by atoms with Gasteiger partial charge in [-0.3, -0.25) is 4.79 Å². The van der Waals surface area contributed by atoms with Gasteiger partial charge in [0.05, 0.1) is 4.88 Å². The molecular formula is C18H22N4OS. The smallest absolute Gasteiger partial charge is 0.264 e. The summed E-state index contributed by atoms with van der Waals surface area (Å²) in [7, 11) is 0. The Kier molecular flexibility index (Phi) is 4.00. The molecule has 1 spiro atoms. The Balaban J connectivity index is 1.49. The van der Waals surface area contributed by atoms with Gasteiger partial charge in [-0.15, -0.1) is 11.3 Å². The molecule has 0 radical (unpaired) electrons. The van der Waals surface area contributed by atoms with Crippen LogP contribution in [0.2, 0.25) is 0 Å². The third-order valence-corrected chi connectivity index (χ3v) is 6.28. The van der Waals surface area contributed by atoms with Gasteiger partial charge in [-0.05, 0) is 49.3 Å². The van der Waals surface area contributed by atoms with Crippen LogP contribution < -0.4 is 4.90 Å². The topological polar surface area (TPSA) is 49.3 Å². The lowest BCUT2D eigenvalue weighted by Gasteiger charge is -2.40. The molecule has 2 fully saturated rings. The van der Waals surface area contributed by atoms with E-state index in [1.54, 1.807) is 23.7 Å². The van der Waals surface area contributed by atoms with Crippen molar-refractivity contribution in [3.63, 3.8) is 0 Å². The predicted octanol–water partition coefficient (Wildman–Crippen LogP) is 2.98. The SMILES string of the molecule is Cc1ccsc1C(=O)N1CC[C@]2(CCCN(c3ncccn3)C2)C1. The van der Waals surface area contributed by atoms with E-state index in [-0.39, 0.29) is 11.3 Å². The first-order valence-electron chi connectivity index (χ1n) is 8.52. The van der Waals surface area contributed by atoms with E-state index in [0.717, 1.165) is 55.4 Å². The fourth-order valence-corrected chi connectivity index (χ4v) is 4.90. The average molecular weight is 342 g/mol. The zero-order valence-corrected chi connectivity index (χ0v) is 14.8. The maximum Gasteiger partial charge on any atom is 0.264 e. The summed E-state index contributed by atoms with van der Waals surface area (Å²) in [6.45, 7) is 5.69. The number of carbonyl (C=O) groups excluding carboxylic acids is 1. The van der Waals surface area contributed by atoms with Crippen LogP contribution in [0.25, 0.3) is 0 Å². The normalized spacial score (nSPS) is 23.9. The van der Waals surface area contributed by atoms with Crippen molar-refractivity contribution in [2.75, 3.05) is 31.1 Å². The van der Waals surface area contributed by atoms with Gasteiger partial charge in [-0.2, -0.15) is 0 Å². The van der Waals surface area contributed by atoms with Gasteiger partial charge in [0.1, 0.15) is 0 Å². The molecule has 2 aliphatic rings. The second kappa shape index (κ2) is 6.16. The highest BCUT2D eigenvalue weighted by molar-refractivity contribution is 7.12. The summed E-state index contributed by atoms with van der Waals surface area (Å²) < 4.78 is 0. The Bertz CT molecular complexity index is 732. The second-order valence-corrected chi connectivity index (χ2v) is 7.90. The zero-order chi connectivity index (χ0) is 16.6. The van der Waals surface area contributed by atoms with Crippen molar-refractivity contribution in [2.24, 2.45) is 5.41 Å². The Hall–Kier alpha value is -1.95. The van der Waals surface area contributed by atoms with Crippen LogP contribution in [0.4, 0.5) is 5.95 Å². The number of hydrogen-bond acceptors (Lipinski definition) is 5. The van der Waals surface area contributed by atoms with Crippen LogP contribution >= 0.6 is 11.3 Å². The minimum Gasteiger partial charge on any atom is -0.340 e. The molecule has 4 rings (SSSR count). The van der Waals surface area contributed by atoms with E-state index in [1.165, 1.54) is 6.42 Å². The highest BCUT2D eigenvalue weighted by Gasteiger charge is 2.43. The van der Waals surface area contributed by atoms with Crippen LogP contribution in [0.5, 0.6) is 0 Å². The Morgan fingerprint density at radius 1 is 1.21 bits per heavy atom. The lowest BCUT2D eigenvalue weighted by atomic mass is 9.79. The number of rotatable bonds is 2. The van der Waals surface area contributed by atoms with E-state index in [9.17, 15) is 4.79 Å². The molecule has 0 N–H and O–H groups in total. The number of piperidine rings is 1. The number of hydrogen-bond donors (Lipinski definition) is 0. The Morgan fingerprint density at radius 3 is 2.79 bits per heavy atom.